The number of carbonyl (C=O) groups excluding carboxylic acids is 1. The summed E-state index contributed by atoms with van der Waals surface area (Å²) in [5.74, 6) is 1.70. The highest BCUT2D eigenvalue weighted by molar-refractivity contribution is 5.94. The highest BCUT2D eigenvalue weighted by Crippen LogP contribution is 2.31. The van der Waals surface area contributed by atoms with Gasteiger partial charge in [0, 0.05) is 30.6 Å². The molecule has 1 aromatic heterocycles. The molecule has 0 unspecified atom stereocenters. The number of rotatable bonds is 6. The molecule has 1 fully saturated rings. The molecule has 1 aliphatic rings. The van der Waals surface area contributed by atoms with Crippen LogP contribution in [0.4, 0.5) is 11.7 Å². The minimum Gasteiger partial charge on any atom is -0.497 e. The smallest absolute Gasteiger partial charge is 0.324 e. The van der Waals surface area contributed by atoms with Crippen molar-refractivity contribution < 1.29 is 18.8 Å². The number of methoxy groups -OCH3 is 2. The van der Waals surface area contributed by atoms with Gasteiger partial charge in [0.1, 0.15) is 11.5 Å². The Morgan fingerprint density at radius 2 is 1.87 bits per heavy atom. The third-order valence-electron chi connectivity index (χ3n) is 5.25. The predicted molar refractivity (Wildman–Crippen MR) is 113 cm³/mol. The van der Waals surface area contributed by atoms with E-state index < -0.39 is 0 Å². The van der Waals surface area contributed by atoms with E-state index in [2.05, 4.69) is 15.5 Å². The minimum atomic E-state index is -0.0930. The van der Waals surface area contributed by atoms with E-state index in [1.165, 1.54) is 0 Å². The van der Waals surface area contributed by atoms with Crippen LogP contribution in [0.5, 0.6) is 11.5 Å². The van der Waals surface area contributed by atoms with Gasteiger partial charge in [-0.25, -0.2) is 0 Å². The Bertz CT molecular complexity index is 997. The Labute approximate surface area is 174 Å². The van der Waals surface area contributed by atoms with Crippen molar-refractivity contribution in [2.24, 2.45) is 5.92 Å². The molecule has 156 valence electrons. The molecular weight excluding hydrogens is 384 g/mol. The van der Waals surface area contributed by atoms with Crippen molar-refractivity contribution in [1.29, 1.82) is 0 Å². The number of piperidine rings is 1. The van der Waals surface area contributed by atoms with Gasteiger partial charge in [0.05, 0.1) is 19.9 Å². The number of amides is 1. The van der Waals surface area contributed by atoms with Crippen molar-refractivity contribution >= 4 is 17.6 Å². The topological polar surface area (TPSA) is 89.7 Å². The molecule has 2 aromatic carbocycles. The maximum atomic E-state index is 12.8. The summed E-state index contributed by atoms with van der Waals surface area (Å²) in [5.41, 5.74) is 1.55. The van der Waals surface area contributed by atoms with Crippen LogP contribution in [-0.2, 0) is 4.79 Å². The molecule has 0 spiro atoms. The van der Waals surface area contributed by atoms with Crippen LogP contribution in [-0.4, -0.2) is 43.4 Å². The number of hydrogen-bond acceptors (Lipinski definition) is 7. The summed E-state index contributed by atoms with van der Waals surface area (Å²) in [4.78, 5) is 19.3. The van der Waals surface area contributed by atoms with Gasteiger partial charge in [-0.2, -0.15) is 4.98 Å². The molecule has 0 atom stereocenters. The molecule has 8 heteroatoms. The van der Waals surface area contributed by atoms with Crippen LogP contribution in [0, 0.1) is 5.92 Å². The fraction of sp³-hybridized carbons (Fsp3) is 0.318. The molecule has 1 N–H and O–H groups in total. The van der Waals surface area contributed by atoms with Crippen LogP contribution >= 0.6 is 0 Å². The first-order chi connectivity index (χ1) is 14.7. The lowest BCUT2D eigenvalue weighted by atomic mass is 9.96. The molecule has 1 saturated heterocycles. The zero-order valence-electron chi connectivity index (χ0n) is 17.0. The fourth-order valence-corrected chi connectivity index (χ4v) is 3.52. The van der Waals surface area contributed by atoms with Crippen LogP contribution in [0.2, 0.25) is 0 Å². The van der Waals surface area contributed by atoms with Crippen molar-refractivity contribution in [3.8, 4) is 22.9 Å². The van der Waals surface area contributed by atoms with Crippen molar-refractivity contribution in [2.75, 3.05) is 37.5 Å². The Morgan fingerprint density at radius 3 is 2.57 bits per heavy atom. The highest BCUT2D eigenvalue weighted by atomic mass is 16.5. The first kappa shape index (κ1) is 19.8. The van der Waals surface area contributed by atoms with Gasteiger partial charge >= 0.3 is 6.01 Å². The van der Waals surface area contributed by atoms with E-state index >= 15 is 0 Å². The largest absolute Gasteiger partial charge is 0.497 e. The van der Waals surface area contributed by atoms with Gasteiger partial charge < -0.3 is 24.2 Å². The third-order valence-corrected chi connectivity index (χ3v) is 5.25. The van der Waals surface area contributed by atoms with Gasteiger partial charge in [0.2, 0.25) is 11.7 Å². The number of benzene rings is 2. The second kappa shape index (κ2) is 8.86. The molecule has 3 aromatic rings. The maximum absolute atomic E-state index is 12.8. The average molecular weight is 408 g/mol. The van der Waals surface area contributed by atoms with Gasteiger partial charge in [0.25, 0.3) is 0 Å². The van der Waals surface area contributed by atoms with Crippen LogP contribution in [0.3, 0.4) is 0 Å². The third kappa shape index (κ3) is 4.22. The summed E-state index contributed by atoms with van der Waals surface area (Å²) in [6.45, 7) is 1.35. The zero-order valence-corrected chi connectivity index (χ0v) is 17.0. The molecule has 0 saturated carbocycles. The van der Waals surface area contributed by atoms with E-state index in [0.29, 0.717) is 55.0 Å². The van der Waals surface area contributed by atoms with Crippen molar-refractivity contribution in [2.45, 2.75) is 12.8 Å². The predicted octanol–water partition coefficient (Wildman–Crippen LogP) is 3.61. The van der Waals surface area contributed by atoms with Crippen molar-refractivity contribution in [3.63, 3.8) is 0 Å². The normalized spacial score (nSPS) is 14.4. The Kier molecular flexibility index (Phi) is 5.83. The fourth-order valence-electron chi connectivity index (χ4n) is 3.52. The SMILES string of the molecule is COc1ccc(NC(=O)C2CCN(c3nc(-c4ccccc4)no3)CC2)c(OC)c1. The van der Waals surface area contributed by atoms with E-state index in [1.54, 1.807) is 32.4 Å². The van der Waals surface area contributed by atoms with Gasteiger partial charge in [0.15, 0.2) is 0 Å². The molecule has 8 nitrogen and oxygen atoms in total. The van der Waals surface area contributed by atoms with E-state index in [9.17, 15) is 4.79 Å². The number of anilines is 2. The van der Waals surface area contributed by atoms with Gasteiger partial charge in [-0.05, 0) is 25.0 Å². The zero-order chi connectivity index (χ0) is 20.9. The summed E-state index contributed by atoms with van der Waals surface area (Å²) in [7, 11) is 3.16. The lowest BCUT2D eigenvalue weighted by molar-refractivity contribution is -0.120. The summed E-state index contributed by atoms with van der Waals surface area (Å²) < 4.78 is 16.0. The Balaban J connectivity index is 1.36. The molecule has 30 heavy (non-hydrogen) atoms. The summed E-state index contributed by atoms with van der Waals surface area (Å²) >= 11 is 0. The van der Waals surface area contributed by atoms with Crippen molar-refractivity contribution in [1.82, 2.24) is 10.1 Å². The average Bonchev–Trinajstić information content (AvgIpc) is 3.30. The number of nitrogens with zero attached hydrogens (tertiary/aromatic N) is 3. The molecule has 1 aliphatic heterocycles. The summed E-state index contributed by atoms with van der Waals surface area (Å²) in [5, 5.41) is 7.05. The summed E-state index contributed by atoms with van der Waals surface area (Å²) in [6, 6.07) is 15.5. The van der Waals surface area contributed by atoms with E-state index in [1.807, 2.05) is 35.2 Å². The van der Waals surface area contributed by atoms with Crippen LogP contribution in [0.25, 0.3) is 11.4 Å². The molecule has 0 bridgehead atoms. The monoisotopic (exact) mass is 408 g/mol. The van der Waals surface area contributed by atoms with Gasteiger partial charge in [-0.1, -0.05) is 35.5 Å². The van der Waals surface area contributed by atoms with Crippen LogP contribution < -0.4 is 19.7 Å². The summed E-state index contributed by atoms with van der Waals surface area (Å²) in [6.07, 6.45) is 1.40. The molecule has 2 heterocycles. The van der Waals surface area contributed by atoms with Gasteiger partial charge in [-0.15, -0.1) is 0 Å². The number of carbonyl (C=O) groups is 1. The lowest BCUT2D eigenvalue weighted by Gasteiger charge is -2.29. The molecule has 0 aliphatic carbocycles. The molecule has 0 radical (unpaired) electrons. The minimum absolute atomic E-state index is 0.0198. The maximum Gasteiger partial charge on any atom is 0.324 e. The lowest BCUT2D eigenvalue weighted by Crippen LogP contribution is -2.38. The first-order valence-electron chi connectivity index (χ1n) is 9.85. The highest BCUT2D eigenvalue weighted by Gasteiger charge is 2.28. The van der Waals surface area contributed by atoms with Crippen molar-refractivity contribution in [3.05, 3.63) is 48.5 Å². The van der Waals surface area contributed by atoms with Crippen LogP contribution in [0.15, 0.2) is 53.1 Å². The van der Waals surface area contributed by atoms with E-state index in [0.717, 1.165) is 5.56 Å². The number of hydrogen-bond donors (Lipinski definition) is 1. The standard InChI is InChI=1S/C22H24N4O4/c1-28-17-8-9-18(19(14-17)29-2)23-21(27)16-10-12-26(13-11-16)22-24-20(25-30-22)15-6-4-3-5-7-15/h3-9,14,16H,10-13H2,1-2H3,(H,23,27). The van der Waals surface area contributed by atoms with Crippen LogP contribution in [0.1, 0.15) is 12.8 Å². The van der Waals surface area contributed by atoms with E-state index in [4.69, 9.17) is 14.0 Å². The molecule has 1 amide bonds. The molecule has 4 rings (SSSR count). The number of ether oxygens (including phenoxy) is 2. The Hall–Kier alpha value is -3.55. The quantitative estimate of drug-likeness (QED) is 0.666. The number of nitrogens with one attached hydrogen (secondary N) is 1. The first-order valence-corrected chi connectivity index (χ1v) is 9.85. The number of aromatic nitrogens is 2. The van der Waals surface area contributed by atoms with E-state index in [-0.39, 0.29) is 11.8 Å². The second-order valence-corrected chi connectivity index (χ2v) is 7.08. The van der Waals surface area contributed by atoms with Gasteiger partial charge in [-0.3, -0.25) is 4.79 Å². The Morgan fingerprint density at radius 1 is 1.10 bits per heavy atom. The second-order valence-electron chi connectivity index (χ2n) is 7.08. The molecular formula is C22H24N4O4.